The summed E-state index contributed by atoms with van der Waals surface area (Å²) in [5, 5.41) is 11.8. The second-order valence-electron chi connectivity index (χ2n) is 5.50. The van der Waals surface area contributed by atoms with E-state index in [1.165, 1.54) is 10.8 Å². The van der Waals surface area contributed by atoms with Crippen LogP contribution in [0.1, 0.15) is 0 Å². The Morgan fingerprint density at radius 3 is 2.21 bits per heavy atom. The van der Waals surface area contributed by atoms with Crippen LogP contribution in [-0.2, 0) is 0 Å². The molecule has 0 saturated heterocycles. The van der Waals surface area contributed by atoms with Crippen molar-refractivity contribution in [2.45, 2.75) is 0 Å². The fourth-order valence-corrected chi connectivity index (χ4v) is 3.05. The number of fused-ring (bicyclic) bond motifs is 6. The Balaban J connectivity index is 0.00000146. The Morgan fingerprint density at radius 1 is 0.708 bits per heavy atom. The molecule has 0 bridgehead atoms. The molecule has 24 heavy (non-hydrogen) atoms. The van der Waals surface area contributed by atoms with Crippen LogP contribution in [0.15, 0.2) is 78.9 Å². The van der Waals surface area contributed by atoms with Gasteiger partial charge in [0.25, 0.3) is 0 Å². The summed E-state index contributed by atoms with van der Waals surface area (Å²) in [5.74, 6) is 0.720. The molecule has 0 spiro atoms. The van der Waals surface area contributed by atoms with Gasteiger partial charge in [-0.3, -0.25) is 0 Å². The molecule has 5 aromatic rings. The van der Waals surface area contributed by atoms with Crippen molar-refractivity contribution in [1.29, 1.82) is 0 Å². The van der Waals surface area contributed by atoms with Crippen LogP contribution in [0, 0.1) is 0 Å². The zero-order chi connectivity index (χ0) is 15.2. The van der Waals surface area contributed by atoms with E-state index in [1.807, 2.05) is 51.7 Å². The average molecular weight is 333 g/mol. The maximum atomic E-state index is 4.73. The Bertz CT molecular complexity index is 1090. The largest absolute Gasteiger partial charge is 1.00 e. The van der Waals surface area contributed by atoms with Crippen LogP contribution in [-0.4, -0.2) is 14.8 Å². The lowest BCUT2D eigenvalue weighted by Crippen LogP contribution is -3.00. The first-order valence-electron chi connectivity index (χ1n) is 7.56. The molecule has 0 atom stereocenters. The van der Waals surface area contributed by atoms with Gasteiger partial charge in [-0.1, -0.05) is 48.5 Å². The first-order chi connectivity index (χ1) is 11.4. The number of rotatable bonds is 1. The van der Waals surface area contributed by atoms with E-state index in [2.05, 4.69) is 36.4 Å². The maximum Gasteiger partial charge on any atom is 0.340 e. The van der Waals surface area contributed by atoms with Crippen molar-refractivity contribution in [3.63, 3.8) is 0 Å². The van der Waals surface area contributed by atoms with Gasteiger partial charge in [0.2, 0.25) is 0 Å². The molecule has 2 heterocycles. The Labute approximate surface area is 144 Å². The van der Waals surface area contributed by atoms with Crippen LogP contribution in [0.25, 0.3) is 33.2 Å². The molecule has 0 saturated carbocycles. The molecule has 0 aliphatic carbocycles. The number of hydrogen-bond donors (Lipinski definition) is 0. The van der Waals surface area contributed by atoms with Crippen molar-refractivity contribution < 1.29 is 17.0 Å². The topological polar surface area (TPSA) is 34.3 Å². The molecule has 0 fully saturated rings. The summed E-state index contributed by atoms with van der Waals surface area (Å²) in [7, 11) is 0. The number of tetrazole rings is 1. The highest BCUT2D eigenvalue weighted by molar-refractivity contribution is 6.02. The van der Waals surface area contributed by atoms with Crippen LogP contribution in [0.2, 0.25) is 0 Å². The molecule has 0 aliphatic heterocycles. The van der Waals surface area contributed by atoms with Crippen molar-refractivity contribution in [3.05, 3.63) is 78.9 Å². The summed E-state index contributed by atoms with van der Waals surface area (Å²) in [6.45, 7) is 0. The van der Waals surface area contributed by atoms with E-state index in [-0.39, 0.29) is 12.4 Å². The molecule has 0 aliphatic rings. The van der Waals surface area contributed by atoms with Gasteiger partial charge in [-0.15, -0.1) is 0 Å². The summed E-state index contributed by atoms with van der Waals surface area (Å²) >= 11 is 0. The molecule has 4 nitrogen and oxygen atoms in total. The minimum atomic E-state index is 0. The quantitative estimate of drug-likeness (QED) is 0.327. The van der Waals surface area contributed by atoms with Crippen LogP contribution in [0.5, 0.6) is 0 Å². The number of halogens is 1. The molecular formula is C19H13ClN4. The summed E-state index contributed by atoms with van der Waals surface area (Å²) in [6.07, 6.45) is 0. The van der Waals surface area contributed by atoms with Crippen molar-refractivity contribution in [2.75, 3.05) is 0 Å². The second-order valence-corrected chi connectivity index (χ2v) is 5.50. The van der Waals surface area contributed by atoms with Crippen molar-refractivity contribution in [1.82, 2.24) is 14.8 Å². The monoisotopic (exact) mass is 332 g/mol. The van der Waals surface area contributed by atoms with Gasteiger partial charge in [0.05, 0.1) is 10.7 Å². The smallest absolute Gasteiger partial charge is 0.340 e. The van der Waals surface area contributed by atoms with Gasteiger partial charge < -0.3 is 12.4 Å². The first-order valence-corrected chi connectivity index (χ1v) is 7.56. The zero-order valence-electron chi connectivity index (χ0n) is 12.7. The van der Waals surface area contributed by atoms with E-state index >= 15 is 0 Å². The van der Waals surface area contributed by atoms with Crippen molar-refractivity contribution >= 4 is 21.8 Å². The SMILES string of the molecule is [Cl-].c1ccc(-c2nn3c4ccccc4c4ccccc4[n+]3n2)cc1. The van der Waals surface area contributed by atoms with Gasteiger partial charge in [0.15, 0.2) is 5.52 Å². The van der Waals surface area contributed by atoms with E-state index in [4.69, 9.17) is 10.2 Å². The molecule has 2 aromatic heterocycles. The summed E-state index contributed by atoms with van der Waals surface area (Å²) < 4.78 is 3.75. The number of para-hydroxylation sites is 2. The molecule has 5 rings (SSSR count). The Kier molecular flexibility index (Phi) is 3.40. The van der Waals surface area contributed by atoms with E-state index < -0.39 is 0 Å². The van der Waals surface area contributed by atoms with Gasteiger partial charge in [-0.2, -0.15) is 0 Å². The van der Waals surface area contributed by atoms with Crippen LogP contribution in [0.4, 0.5) is 0 Å². The van der Waals surface area contributed by atoms with E-state index in [1.54, 1.807) is 0 Å². The number of hydrogen-bond acceptors (Lipinski definition) is 2. The third kappa shape index (κ3) is 2.04. The van der Waals surface area contributed by atoms with Gasteiger partial charge in [-0.25, -0.2) is 0 Å². The molecule has 0 amide bonds. The number of benzene rings is 3. The van der Waals surface area contributed by atoms with Crippen molar-refractivity contribution in [2.24, 2.45) is 0 Å². The second kappa shape index (κ2) is 5.58. The van der Waals surface area contributed by atoms with Crippen LogP contribution in [0.3, 0.4) is 0 Å². The minimum Gasteiger partial charge on any atom is -1.00 e. The lowest BCUT2D eigenvalue weighted by molar-refractivity contribution is -0.651. The van der Waals surface area contributed by atoms with Crippen LogP contribution >= 0.6 is 0 Å². The van der Waals surface area contributed by atoms with Gasteiger partial charge in [-0.05, 0) is 40.1 Å². The van der Waals surface area contributed by atoms with Crippen LogP contribution < -0.4 is 17.0 Å². The highest BCUT2D eigenvalue weighted by Crippen LogP contribution is 2.22. The van der Waals surface area contributed by atoms with E-state index in [0.29, 0.717) is 0 Å². The van der Waals surface area contributed by atoms with Gasteiger partial charge in [0, 0.05) is 15.4 Å². The van der Waals surface area contributed by atoms with Crippen molar-refractivity contribution in [3.8, 4) is 11.4 Å². The molecule has 0 N–H and O–H groups in total. The zero-order valence-corrected chi connectivity index (χ0v) is 13.4. The maximum absolute atomic E-state index is 4.73. The molecular weight excluding hydrogens is 320 g/mol. The molecule has 116 valence electrons. The summed E-state index contributed by atoms with van der Waals surface area (Å²) in [6, 6.07) is 26.6. The van der Waals surface area contributed by atoms with E-state index in [9.17, 15) is 0 Å². The molecule has 0 unspecified atom stereocenters. The summed E-state index contributed by atoms with van der Waals surface area (Å²) in [4.78, 5) is 0. The highest BCUT2D eigenvalue weighted by atomic mass is 35.5. The standard InChI is InChI=1S/C19H13N4.ClH/c1-2-8-14(9-3-1)19-20-22-17-12-6-4-10-15(17)16-11-5-7-13-18(16)23(22)21-19;/h1-13H;1H/q+1;/p-1. The van der Waals surface area contributed by atoms with Gasteiger partial charge >= 0.3 is 5.82 Å². The van der Waals surface area contributed by atoms with E-state index in [0.717, 1.165) is 22.4 Å². The Morgan fingerprint density at radius 2 is 1.38 bits per heavy atom. The molecule has 3 aromatic carbocycles. The lowest BCUT2D eigenvalue weighted by atomic mass is 10.1. The van der Waals surface area contributed by atoms with Gasteiger partial charge in [0.1, 0.15) is 5.52 Å². The molecule has 0 radical (unpaired) electrons. The highest BCUT2D eigenvalue weighted by Gasteiger charge is 2.20. The Hall–Kier alpha value is -2.98. The lowest BCUT2D eigenvalue weighted by Gasteiger charge is -2.00. The summed E-state index contributed by atoms with van der Waals surface area (Å²) in [5.41, 5.74) is 3.10. The fraction of sp³-hybridized carbons (Fsp3) is 0. The molecule has 5 heteroatoms. The normalized spacial score (nSPS) is 11.0. The predicted octanol–water partition coefficient (Wildman–Crippen LogP) is 0.292. The number of nitrogens with zero attached hydrogens (tertiary/aromatic N) is 4. The number of aromatic nitrogens is 4. The first kappa shape index (κ1) is 14.6. The third-order valence-corrected chi connectivity index (χ3v) is 4.12. The average Bonchev–Trinajstić information content (AvgIpc) is 3.09. The fourth-order valence-electron chi connectivity index (χ4n) is 3.05. The minimum absolute atomic E-state index is 0. The third-order valence-electron chi connectivity index (χ3n) is 4.12. The predicted molar refractivity (Wildman–Crippen MR) is 89.1 cm³/mol.